The molecule has 4 aromatic carbocycles. The Labute approximate surface area is 462 Å². The number of nitrogens with one attached hydrogen (secondary N) is 2. The number of amides is 3. The molecule has 3 aromatic heterocycles. The lowest BCUT2D eigenvalue weighted by atomic mass is 9.65. The zero-order valence-electron chi connectivity index (χ0n) is 46.5. The zero-order valence-corrected chi connectivity index (χ0v) is 46.5. The van der Waals surface area contributed by atoms with Crippen LogP contribution in [-0.2, 0) is 32.7 Å². The summed E-state index contributed by atoms with van der Waals surface area (Å²) in [7, 11) is -0.714. The predicted octanol–water partition coefficient (Wildman–Crippen LogP) is 9.85. The second kappa shape index (κ2) is 23.7. The molecular weight excluding hydrogens is 998 g/mol. The SMILES string of the molecule is CCNC(=O)c1nnc(-c2cc(C(C)C)c(O)cc2O)n1-c1ccc2c(ccn2CCC2CCN(C(=O)c3ccc(C4(C)OB([C@@H](CC(=O)[C@H](Cc5ccccc5)NC(=O)c5cnccn5)CC(C)C)OC4(C)C)cc3)CC2)c1. The molecule has 17 nitrogen and oxygen atoms in total. The summed E-state index contributed by atoms with van der Waals surface area (Å²) < 4.78 is 17.6. The Bertz CT molecular complexity index is 3300. The lowest BCUT2D eigenvalue weighted by Crippen LogP contribution is -2.44. The maximum Gasteiger partial charge on any atom is 0.461 e. The van der Waals surface area contributed by atoms with E-state index in [9.17, 15) is 29.4 Å². The minimum atomic E-state index is -0.915. The first kappa shape index (κ1) is 56.0. The van der Waals surface area contributed by atoms with Gasteiger partial charge >= 0.3 is 7.12 Å². The van der Waals surface area contributed by atoms with Crippen molar-refractivity contribution in [2.45, 2.75) is 129 Å². The van der Waals surface area contributed by atoms with E-state index in [4.69, 9.17) is 9.31 Å². The fraction of sp³-hybridized carbons (Fsp3) is 0.410. The third-order valence-corrected chi connectivity index (χ3v) is 15.9. The molecule has 2 saturated heterocycles. The molecule has 5 heterocycles. The number of aromatic nitrogens is 6. The zero-order chi connectivity index (χ0) is 56.2. The topological polar surface area (TPSA) is 216 Å². The molecular formula is C61H72BN9O8. The van der Waals surface area contributed by atoms with Gasteiger partial charge in [0.05, 0.1) is 29.1 Å². The summed E-state index contributed by atoms with van der Waals surface area (Å²) in [6.07, 6.45) is 10.2. The van der Waals surface area contributed by atoms with Crippen molar-refractivity contribution >= 4 is 41.5 Å². The average Bonchev–Trinajstić information content (AvgIpc) is 4.36. The van der Waals surface area contributed by atoms with Crippen molar-refractivity contribution < 1.29 is 38.7 Å². The molecule has 3 amide bonds. The van der Waals surface area contributed by atoms with E-state index in [0.717, 1.165) is 47.8 Å². The smallest absolute Gasteiger partial charge is 0.461 e. The minimum Gasteiger partial charge on any atom is -0.508 e. The van der Waals surface area contributed by atoms with Crippen LogP contribution in [0.5, 0.6) is 11.5 Å². The fourth-order valence-electron chi connectivity index (χ4n) is 11.2. The predicted molar refractivity (Wildman–Crippen MR) is 303 cm³/mol. The molecule has 0 aliphatic carbocycles. The summed E-state index contributed by atoms with van der Waals surface area (Å²) in [5.41, 5.74) is 3.45. The summed E-state index contributed by atoms with van der Waals surface area (Å²) in [5, 5.41) is 36.9. The number of likely N-dealkylation sites (tertiary alicyclic amines) is 1. The molecule has 18 heteroatoms. The van der Waals surface area contributed by atoms with Crippen LogP contribution in [0.15, 0.2) is 116 Å². The largest absolute Gasteiger partial charge is 0.508 e. The van der Waals surface area contributed by atoms with Crippen LogP contribution in [0.4, 0.5) is 0 Å². The van der Waals surface area contributed by atoms with Crippen LogP contribution in [0.3, 0.4) is 0 Å². The number of ketones is 1. The molecule has 4 N–H and O–H groups in total. The lowest BCUT2D eigenvalue weighted by molar-refractivity contribution is -0.121. The van der Waals surface area contributed by atoms with Crippen molar-refractivity contribution in [3.05, 3.63) is 150 Å². The molecule has 2 aliphatic heterocycles. The van der Waals surface area contributed by atoms with Crippen molar-refractivity contribution in [1.29, 1.82) is 0 Å². The Morgan fingerprint density at radius 1 is 0.848 bits per heavy atom. The highest BCUT2D eigenvalue weighted by molar-refractivity contribution is 6.48. The van der Waals surface area contributed by atoms with E-state index in [1.54, 1.807) is 10.6 Å². The number of benzene rings is 4. The normalized spacial score (nSPS) is 17.3. The van der Waals surface area contributed by atoms with Gasteiger partial charge in [0.15, 0.2) is 11.6 Å². The molecule has 412 valence electrons. The Morgan fingerprint density at radius 3 is 2.28 bits per heavy atom. The molecule has 2 aliphatic rings. The molecule has 7 aromatic rings. The van der Waals surface area contributed by atoms with E-state index in [0.29, 0.717) is 60.8 Å². The third-order valence-electron chi connectivity index (χ3n) is 15.9. The summed E-state index contributed by atoms with van der Waals surface area (Å²) in [6.45, 7) is 18.4. The number of carbonyl (C=O) groups is 4. The van der Waals surface area contributed by atoms with Crippen molar-refractivity contribution in [3.8, 4) is 28.6 Å². The Kier molecular flexibility index (Phi) is 16.8. The summed E-state index contributed by atoms with van der Waals surface area (Å²) >= 11 is 0. The van der Waals surface area contributed by atoms with Crippen LogP contribution < -0.4 is 10.6 Å². The summed E-state index contributed by atoms with van der Waals surface area (Å²) in [6, 6.07) is 27.4. The van der Waals surface area contributed by atoms with Crippen molar-refractivity contribution in [3.63, 3.8) is 0 Å². The number of hydrogen-bond acceptors (Lipinski definition) is 12. The number of rotatable bonds is 20. The standard InChI is InChI=1S/C61H72BN9O8/c1-9-64-58(76)56-68-67-55(48-35-47(39(4)5)52(72)36-53(48)73)71(56)46-19-20-51-43(33-46)24-30-69(51)27-21-40-22-28-70(29-23-40)59(77)42-15-17-44(18-16-42)61(8)60(6,7)78-62(79-61)45(31-38(2)3)34-54(74)49(32-41-13-11-10-12-14-41)66-57(75)50-37-63-25-26-65-50/h10-20,24-26,30,33,35-40,45,49,72-73H,9,21-23,27-29,31-32,34H2,1-8H3,(H,64,76)(H,66,75)/t45-,49+,61?/m1/s1. The maximum absolute atomic E-state index is 14.4. The van der Waals surface area contributed by atoms with E-state index < -0.39 is 36.2 Å². The minimum absolute atomic E-state index is 0.0115. The van der Waals surface area contributed by atoms with E-state index in [2.05, 4.69) is 55.4 Å². The lowest BCUT2D eigenvalue weighted by Gasteiger charge is -2.37. The molecule has 3 atom stereocenters. The quantitative estimate of drug-likeness (QED) is 0.0525. The van der Waals surface area contributed by atoms with Gasteiger partial charge in [-0.2, -0.15) is 0 Å². The first-order valence-corrected chi connectivity index (χ1v) is 27.6. The van der Waals surface area contributed by atoms with E-state index in [1.165, 1.54) is 24.7 Å². The second-order valence-electron chi connectivity index (χ2n) is 22.5. The molecule has 79 heavy (non-hydrogen) atoms. The summed E-state index contributed by atoms with van der Waals surface area (Å²) in [4.78, 5) is 65.1. The first-order valence-electron chi connectivity index (χ1n) is 27.6. The van der Waals surface area contributed by atoms with Crippen LogP contribution in [0.2, 0.25) is 5.82 Å². The molecule has 0 spiro atoms. The highest BCUT2D eigenvalue weighted by Gasteiger charge is 2.57. The number of nitrogens with zero attached hydrogens (tertiary/aromatic N) is 7. The van der Waals surface area contributed by atoms with Gasteiger partial charge in [-0.15, -0.1) is 10.2 Å². The third kappa shape index (κ3) is 12.2. The monoisotopic (exact) mass is 1070 g/mol. The van der Waals surface area contributed by atoms with Crippen LogP contribution in [0.1, 0.15) is 142 Å². The molecule has 9 rings (SSSR count). The highest BCUT2D eigenvalue weighted by Crippen LogP contribution is 2.49. The van der Waals surface area contributed by atoms with Gasteiger partial charge in [0.1, 0.15) is 22.8 Å². The van der Waals surface area contributed by atoms with Gasteiger partial charge in [-0.05, 0) is 137 Å². The number of hydrogen-bond donors (Lipinski definition) is 4. The Morgan fingerprint density at radius 2 is 1.59 bits per heavy atom. The van der Waals surface area contributed by atoms with Gasteiger partial charge in [0, 0.05) is 79.5 Å². The number of phenolic OH excluding ortho intramolecular Hbond substituents is 2. The van der Waals surface area contributed by atoms with Gasteiger partial charge < -0.3 is 39.6 Å². The highest BCUT2D eigenvalue weighted by atomic mass is 16.7. The van der Waals surface area contributed by atoms with Crippen LogP contribution in [-0.4, -0.2) is 106 Å². The Balaban J connectivity index is 0.825. The molecule has 1 unspecified atom stereocenters. The maximum atomic E-state index is 14.4. The second-order valence-corrected chi connectivity index (χ2v) is 22.5. The van der Waals surface area contributed by atoms with Gasteiger partial charge in [-0.25, -0.2) is 4.98 Å². The van der Waals surface area contributed by atoms with Gasteiger partial charge in [0.2, 0.25) is 5.82 Å². The van der Waals surface area contributed by atoms with Gasteiger partial charge in [-0.1, -0.05) is 70.2 Å². The van der Waals surface area contributed by atoms with Crippen molar-refractivity contribution in [2.75, 3.05) is 19.6 Å². The van der Waals surface area contributed by atoms with E-state index in [-0.39, 0.29) is 64.6 Å². The first-order chi connectivity index (χ1) is 37.8. The number of carbonyl (C=O) groups excluding carboxylic acids is 4. The fourth-order valence-corrected chi connectivity index (χ4v) is 11.2. The number of phenols is 2. The summed E-state index contributed by atoms with van der Waals surface area (Å²) in [5.74, 6) is -0.561. The number of Topliss-reactive ketones (excluding diaryl/α,β-unsaturated/α-hetero) is 1. The number of aromatic hydroxyl groups is 2. The molecule has 0 radical (unpaired) electrons. The number of piperidine rings is 1. The molecule has 0 saturated carbocycles. The molecule has 2 fully saturated rings. The van der Waals surface area contributed by atoms with Crippen molar-refractivity contribution in [1.82, 2.24) is 44.8 Å². The molecule has 0 bridgehead atoms. The van der Waals surface area contributed by atoms with E-state index >= 15 is 0 Å². The van der Waals surface area contributed by atoms with Crippen LogP contribution in [0.25, 0.3) is 28.0 Å². The number of fused-ring (bicyclic) bond motifs is 1. The van der Waals surface area contributed by atoms with Crippen LogP contribution >= 0.6 is 0 Å². The van der Waals surface area contributed by atoms with Gasteiger partial charge in [0.25, 0.3) is 17.7 Å². The van der Waals surface area contributed by atoms with Crippen LogP contribution in [0, 0.1) is 11.8 Å². The number of aryl methyl sites for hydroxylation is 1. The average molecular weight is 1070 g/mol. The van der Waals surface area contributed by atoms with Gasteiger partial charge in [-0.3, -0.25) is 28.7 Å². The van der Waals surface area contributed by atoms with Crippen molar-refractivity contribution in [2.24, 2.45) is 11.8 Å². The van der Waals surface area contributed by atoms with E-state index in [1.807, 2.05) is 125 Å². The Hall–Kier alpha value is -7.70.